The summed E-state index contributed by atoms with van der Waals surface area (Å²) in [4.78, 5) is 12.5. The number of aliphatic hydroxyl groups excluding tert-OH is 41. The zero-order chi connectivity index (χ0) is 108. The molecule has 67 nitrogen and oxygen atoms in total. The number of amides is 1. The fraction of sp³-hybridized carbons (Fsp3) is 0.988. The van der Waals surface area contributed by atoms with Gasteiger partial charge in [0.1, 0.15) is 311 Å². The van der Waals surface area contributed by atoms with Crippen LogP contribution in [0.5, 0.6) is 0 Å². The molecule has 12 fully saturated rings. The Labute approximate surface area is 828 Å². The Kier molecular flexibility index (Phi) is 44.9. The van der Waals surface area contributed by atoms with Gasteiger partial charge in [-0.2, -0.15) is 0 Å². The highest BCUT2D eigenvalue weighted by Crippen LogP contribution is 2.43. The Hall–Kier alpha value is -3.13. The summed E-state index contributed by atoms with van der Waals surface area (Å²) in [5.41, 5.74) is 0. The lowest BCUT2D eigenvalue weighted by Gasteiger charge is -2.51. The normalized spacial score (nSPS) is 50.7. The lowest BCUT2D eigenvalue weighted by molar-refractivity contribution is -0.412. The first kappa shape index (κ1) is 122. The molecule has 67 heteroatoms. The molecular formula is C80H137NO66. The third-order valence-electron chi connectivity index (χ3n) is 27.3. The van der Waals surface area contributed by atoms with Crippen LogP contribution in [-0.2, 0) is 118 Å². The molecule has 0 bridgehead atoms. The lowest BCUT2D eigenvalue weighted by Crippen LogP contribution is -2.69. The molecule has 64 atom stereocenters. The lowest BCUT2D eigenvalue weighted by atomic mass is 9.95. The first-order chi connectivity index (χ1) is 69.7. The molecule has 12 heterocycles. The van der Waals surface area contributed by atoms with E-state index in [9.17, 15) is 214 Å². The van der Waals surface area contributed by atoms with Crippen LogP contribution in [0.15, 0.2) is 0 Å². The molecule has 0 aromatic rings. The number of carbonyl (C=O) groups is 1. The largest absolute Gasteiger partial charge is 0.394 e. The SMILES string of the molecule is CC(=O)N[C@@H](CO)[C@@H](O)[C@H](O[C@@H]1O[C@H](CO[C@H]2O[C@H](CO[C@H]3O[C@H](CO)[C@@H](O)[C@H](O)[C@@H]3O[C@H]3O[C@H](CO)[C@@H](O)[C@H](O)[C@@H]3O)[C@@H](O)[C@H](O[C@H]3O[C@H](CO)[C@@H](O)[C@H](O)[C@@H]3O[C@H]3O[C@H](CO)[C@@H](O)[C@H](O)[C@@H]3O)[C@@H]2O)[C@@H](O)[C@H](O[C@H]2O[C@H](CO)[C@@H](O)[C@H](O)[C@@H]2O[C@H]2O[C@H](CO)[C@@H](O)[C@H](O)[C@@H]2O[C@H]2O[C@H](CO)[C@@H](O)[C@H](O[C@H]3O[C@H](CO)[C@@H](O)[C@H](O[C@H]4O[C@H](CO)[C@@H](O)[C@H](O)[C@H]4O[C@H]4O[C@H](CO)[C@@H](O)[C@H](O)[C@H]4O)[C@H]3O)[C@@H]2O)[C@@H]1O)[C@H](O)CO. The van der Waals surface area contributed by atoms with E-state index in [0.29, 0.717) is 0 Å². The Balaban J connectivity index is 0.856. The minimum Gasteiger partial charge on any atom is -0.394 e. The summed E-state index contributed by atoms with van der Waals surface area (Å²) in [6, 6.07) is -1.88. The van der Waals surface area contributed by atoms with Crippen molar-refractivity contribution in [3.05, 3.63) is 0 Å². The molecule has 12 aliphatic rings. The molecule has 858 valence electrons. The highest BCUT2D eigenvalue weighted by Gasteiger charge is 2.64. The van der Waals surface area contributed by atoms with Crippen molar-refractivity contribution in [2.75, 3.05) is 92.5 Å². The van der Waals surface area contributed by atoms with Gasteiger partial charge >= 0.3 is 0 Å². The number of rotatable bonds is 42. The van der Waals surface area contributed by atoms with Crippen molar-refractivity contribution in [3.63, 3.8) is 0 Å². The van der Waals surface area contributed by atoms with Crippen LogP contribution in [0.4, 0.5) is 0 Å². The quantitative estimate of drug-likeness (QED) is 0.0270. The maximum atomic E-state index is 12.8. The highest BCUT2D eigenvalue weighted by molar-refractivity contribution is 5.73. The minimum absolute atomic E-state index is 0.894. The second-order valence-corrected chi connectivity index (χ2v) is 37.0. The van der Waals surface area contributed by atoms with Crippen LogP contribution in [0, 0.1) is 0 Å². The summed E-state index contributed by atoms with van der Waals surface area (Å²) in [5, 5.41) is 460. The number of aliphatic hydroxyl groups is 41. The molecule has 12 aliphatic heterocycles. The molecule has 0 radical (unpaired) electrons. The summed E-state index contributed by atoms with van der Waals surface area (Å²) >= 11 is 0. The number of ether oxygens (including phenoxy) is 24. The van der Waals surface area contributed by atoms with Crippen LogP contribution in [0.25, 0.3) is 0 Å². The summed E-state index contributed by atoms with van der Waals surface area (Å²) in [6.07, 6.45) is -145. The van der Waals surface area contributed by atoms with Gasteiger partial charge in [0.15, 0.2) is 75.5 Å². The zero-order valence-electron chi connectivity index (χ0n) is 77.4. The Morgan fingerprint density at radius 3 is 0.687 bits per heavy atom. The molecule has 12 saturated heterocycles. The molecule has 0 aromatic carbocycles. The summed E-state index contributed by atoms with van der Waals surface area (Å²) in [6.45, 7) is -16.2. The van der Waals surface area contributed by atoms with Crippen molar-refractivity contribution in [1.82, 2.24) is 5.32 Å². The molecule has 0 spiro atoms. The third kappa shape index (κ3) is 26.5. The summed E-state index contributed by atoms with van der Waals surface area (Å²) in [5.74, 6) is -0.963. The molecule has 0 saturated carbocycles. The van der Waals surface area contributed by atoms with Gasteiger partial charge in [0.2, 0.25) is 5.91 Å². The summed E-state index contributed by atoms with van der Waals surface area (Å²) < 4.78 is 140. The van der Waals surface area contributed by atoms with E-state index in [-0.39, 0.29) is 0 Å². The van der Waals surface area contributed by atoms with Gasteiger partial charge in [0.25, 0.3) is 0 Å². The number of nitrogens with one attached hydrogen (secondary N) is 1. The molecule has 0 aromatic heterocycles. The van der Waals surface area contributed by atoms with Crippen LogP contribution in [-0.4, -0.2) is 701 Å². The molecule has 12 rings (SSSR count). The summed E-state index contributed by atoms with van der Waals surface area (Å²) in [7, 11) is 0. The first-order valence-corrected chi connectivity index (χ1v) is 46.7. The van der Waals surface area contributed by atoms with Gasteiger partial charge in [0, 0.05) is 6.92 Å². The van der Waals surface area contributed by atoms with Gasteiger partial charge in [-0.05, 0) is 0 Å². The van der Waals surface area contributed by atoms with Crippen molar-refractivity contribution in [3.8, 4) is 0 Å². The van der Waals surface area contributed by atoms with Gasteiger partial charge in [0.05, 0.1) is 98.5 Å². The minimum atomic E-state index is -2.77. The van der Waals surface area contributed by atoms with Crippen molar-refractivity contribution in [2.24, 2.45) is 0 Å². The van der Waals surface area contributed by atoms with Gasteiger partial charge in [-0.25, -0.2) is 0 Å². The van der Waals surface area contributed by atoms with Crippen molar-refractivity contribution >= 4 is 5.91 Å². The predicted octanol–water partition coefficient (Wildman–Crippen LogP) is -29.6. The van der Waals surface area contributed by atoms with Crippen LogP contribution >= 0.6 is 0 Å². The molecule has 1 amide bonds. The van der Waals surface area contributed by atoms with E-state index in [4.69, 9.17) is 114 Å². The Morgan fingerprint density at radius 2 is 0.415 bits per heavy atom. The van der Waals surface area contributed by atoms with Crippen molar-refractivity contribution in [2.45, 2.75) is 400 Å². The molecule has 42 N–H and O–H groups in total. The topological polar surface area (TPSA) is 1080 Å². The van der Waals surface area contributed by atoms with Gasteiger partial charge in [-0.3, -0.25) is 4.79 Å². The second kappa shape index (κ2) is 53.9. The van der Waals surface area contributed by atoms with Crippen LogP contribution in [0.1, 0.15) is 6.92 Å². The predicted molar refractivity (Wildman–Crippen MR) is 441 cm³/mol. The van der Waals surface area contributed by atoms with Gasteiger partial charge < -0.3 is 328 Å². The Morgan fingerprint density at radius 1 is 0.218 bits per heavy atom. The third-order valence-corrected chi connectivity index (χ3v) is 27.3. The monoisotopic (exact) mass is 2170 g/mol. The van der Waals surface area contributed by atoms with Crippen LogP contribution in [0.2, 0.25) is 0 Å². The van der Waals surface area contributed by atoms with Crippen molar-refractivity contribution < 1.29 is 328 Å². The average Bonchev–Trinajstić information content (AvgIpc) is 0.764. The zero-order valence-corrected chi connectivity index (χ0v) is 77.4. The van der Waals surface area contributed by atoms with E-state index >= 15 is 0 Å². The number of hydrogen-bond acceptors (Lipinski definition) is 66. The molecule has 0 unspecified atom stereocenters. The van der Waals surface area contributed by atoms with Crippen LogP contribution in [0.3, 0.4) is 0 Å². The number of carbonyl (C=O) groups excluding carboxylic acids is 1. The maximum absolute atomic E-state index is 12.8. The van der Waals surface area contributed by atoms with Gasteiger partial charge in [-0.1, -0.05) is 0 Å². The van der Waals surface area contributed by atoms with E-state index in [2.05, 4.69) is 5.32 Å². The van der Waals surface area contributed by atoms with E-state index in [1.54, 1.807) is 0 Å². The highest BCUT2D eigenvalue weighted by atomic mass is 16.8. The Bertz CT molecular complexity index is 3880. The molecule has 147 heavy (non-hydrogen) atoms. The second-order valence-electron chi connectivity index (χ2n) is 37.0. The average molecular weight is 2170 g/mol. The van der Waals surface area contributed by atoms with E-state index in [1.807, 2.05) is 0 Å². The maximum Gasteiger partial charge on any atom is 0.217 e. The fourth-order valence-corrected chi connectivity index (χ4v) is 18.6. The van der Waals surface area contributed by atoms with Crippen molar-refractivity contribution in [1.29, 1.82) is 0 Å². The van der Waals surface area contributed by atoms with E-state index in [1.165, 1.54) is 0 Å². The van der Waals surface area contributed by atoms with Gasteiger partial charge in [-0.15, -0.1) is 0 Å². The van der Waals surface area contributed by atoms with E-state index < -0.39 is 491 Å². The smallest absolute Gasteiger partial charge is 0.217 e. The van der Waals surface area contributed by atoms with E-state index in [0.717, 1.165) is 6.92 Å². The fourth-order valence-electron chi connectivity index (χ4n) is 18.6. The molecule has 0 aliphatic carbocycles. The molecular weight excluding hydrogens is 2030 g/mol. The number of hydrogen-bond donors (Lipinski definition) is 42. The van der Waals surface area contributed by atoms with Crippen LogP contribution < -0.4 is 5.32 Å². The first-order valence-electron chi connectivity index (χ1n) is 46.7. The standard InChI is InChI=1S/C80H137NO66/c1-16(94)81-17(2-82)31(96)59(18(95)3-83)138-75-58(123)63(43(108)30(137-75)14-124-69-55(120)62(141-78-66(49(114)37(102)24(9-89)133-78)145-72-54(119)46(111)34(99)21(6-86)128-72)42(107)29(136-69)15-125-76-64(47(112)35(100)22(7-87)131-76)143-70-52(117)44(109)32(97)19(4-84)126-70)142-79-68(51(116)39(104)25(10-90)134-79)147-80-67(50(115)38(103)26(11-91)135-80)146-74-56(121)60(40(105)27(12-92)130-74)139-73-57(122)61(41(106)28(13-93)129-73)140-77-65(48(113)36(101)23(8-88)132-77)144-71-53(118)45(110)33(98)20(5-85)127-71/h17-80,82-93,95-123H,2-15H2,1H3,(H,81,94)/t17-,18+,19+,20+,21+,22+,23+,24+,25+,26+,27+,28+,29+,30+,31+,32+,33+,34+,35+,36+,37+,38+,39+,40+,41+,42+,43+,44-,45-,46-,47-,48-,49-,50-,51-,52-,53+,54-,55-,56-,57+,58-,59+,60-,61-,62-,63-,64-,65+,66-,67-,68-,69-,70+,71+,72+,73+,74+,75-,76-,77+,78+,79+,80+/m0/s1.